The number of halogens is 1. The molecule has 0 aliphatic heterocycles. The highest BCUT2D eigenvalue weighted by atomic mass is 32.2. The molecular weight excluding hydrogens is 407 g/mol. The Morgan fingerprint density at radius 2 is 1.60 bits per heavy atom. The van der Waals surface area contributed by atoms with Gasteiger partial charge >= 0.3 is 0 Å². The zero-order valence-electron chi connectivity index (χ0n) is 16.2. The van der Waals surface area contributed by atoms with Gasteiger partial charge in [0, 0.05) is 0 Å². The first-order valence-corrected chi connectivity index (χ1v) is 10.6. The first-order chi connectivity index (χ1) is 14.4. The van der Waals surface area contributed by atoms with Crippen LogP contribution in [0.25, 0.3) is 0 Å². The fourth-order valence-electron chi connectivity index (χ4n) is 2.87. The number of benzene rings is 3. The van der Waals surface area contributed by atoms with Gasteiger partial charge in [0.25, 0.3) is 0 Å². The number of anilines is 1. The number of rotatable bonds is 8. The fraction of sp³-hybridized carbons (Fsp3) is 0.136. The Balaban J connectivity index is 1.88. The number of sulfonamides is 1. The Hall–Kier alpha value is -3.23. The van der Waals surface area contributed by atoms with Gasteiger partial charge in [-0.25, -0.2) is 12.8 Å². The Morgan fingerprint density at radius 1 is 0.967 bits per heavy atom. The molecule has 30 heavy (non-hydrogen) atoms. The zero-order chi connectivity index (χ0) is 21.6. The van der Waals surface area contributed by atoms with Crippen LogP contribution in [0.5, 0.6) is 5.75 Å². The molecule has 0 spiro atoms. The lowest BCUT2D eigenvalue weighted by Gasteiger charge is -2.19. The first-order valence-electron chi connectivity index (χ1n) is 9.15. The van der Waals surface area contributed by atoms with Gasteiger partial charge in [-0.15, -0.1) is 0 Å². The average molecular weight is 428 g/mol. The number of ether oxygens (including phenoxy) is 1. The van der Waals surface area contributed by atoms with Crippen LogP contribution in [0.15, 0.2) is 83.8 Å². The third kappa shape index (κ3) is 5.43. The minimum Gasteiger partial charge on any atom is -0.495 e. The molecule has 6 nitrogen and oxygen atoms in total. The van der Waals surface area contributed by atoms with Crippen molar-refractivity contribution >= 4 is 21.6 Å². The summed E-state index contributed by atoms with van der Waals surface area (Å²) in [7, 11) is -2.58. The lowest BCUT2D eigenvalue weighted by molar-refractivity contribution is -0.117. The molecule has 3 aromatic rings. The summed E-state index contributed by atoms with van der Waals surface area (Å²) in [6.07, 6.45) is 0.127. The van der Waals surface area contributed by atoms with E-state index >= 15 is 0 Å². The third-order valence-corrected chi connectivity index (χ3v) is 5.87. The summed E-state index contributed by atoms with van der Waals surface area (Å²) >= 11 is 0. The molecule has 156 valence electrons. The molecule has 1 unspecified atom stereocenters. The van der Waals surface area contributed by atoms with Crippen molar-refractivity contribution in [3.63, 3.8) is 0 Å². The summed E-state index contributed by atoms with van der Waals surface area (Å²) in [6, 6.07) is 19.2. The molecule has 0 heterocycles. The molecule has 0 aromatic heterocycles. The molecule has 3 aromatic carbocycles. The number of hydrogen-bond donors (Lipinski definition) is 2. The summed E-state index contributed by atoms with van der Waals surface area (Å²) in [6.45, 7) is 0. The molecule has 2 N–H and O–H groups in total. The van der Waals surface area contributed by atoms with Crippen molar-refractivity contribution < 1.29 is 22.3 Å². The second-order valence-electron chi connectivity index (χ2n) is 6.51. The van der Waals surface area contributed by atoms with Crippen LogP contribution >= 0.6 is 0 Å². The monoisotopic (exact) mass is 428 g/mol. The van der Waals surface area contributed by atoms with Gasteiger partial charge in [-0.2, -0.15) is 4.72 Å². The second kappa shape index (κ2) is 9.51. The van der Waals surface area contributed by atoms with Crippen LogP contribution in [0.3, 0.4) is 0 Å². The number of carbonyl (C=O) groups is 1. The van der Waals surface area contributed by atoms with E-state index in [9.17, 15) is 17.6 Å². The van der Waals surface area contributed by atoms with Crippen LogP contribution in [0.2, 0.25) is 0 Å². The Kier molecular flexibility index (Phi) is 6.81. The minimum atomic E-state index is -4.06. The van der Waals surface area contributed by atoms with Crippen molar-refractivity contribution in [2.45, 2.75) is 17.4 Å². The molecule has 3 rings (SSSR count). The minimum absolute atomic E-state index is 0.127. The van der Waals surface area contributed by atoms with E-state index in [0.29, 0.717) is 11.4 Å². The summed E-state index contributed by atoms with van der Waals surface area (Å²) in [5.41, 5.74) is 1.20. The SMILES string of the molecule is COc1ccccc1NC(=O)C(Cc1ccccc1)NS(=O)(=O)c1ccc(F)cc1. The van der Waals surface area contributed by atoms with Gasteiger partial charge < -0.3 is 10.1 Å². The summed E-state index contributed by atoms with van der Waals surface area (Å²) < 4.78 is 46.4. The molecule has 1 amide bonds. The molecule has 8 heteroatoms. The van der Waals surface area contributed by atoms with Crippen molar-refractivity contribution in [2.75, 3.05) is 12.4 Å². The van der Waals surface area contributed by atoms with Gasteiger partial charge in [0.2, 0.25) is 15.9 Å². The van der Waals surface area contributed by atoms with Crippen LogP contribution in [-0.4, -0.2) is 27.5 Å². The topological polar surface area (TPSA) is 84.5 Å². The van der Waals surface area contributed by atoms with E-state index in [4.69, 9.17) is 4.74 Å². The quantitative estimate of drug-likeness (QED) is 0.576. The van der Waals surface area contributed by atoms with Crippen molar-refractivity contribution in [3.05, 3.63) is 90.2 Å². The highest BCUT2D eigenvalue weighted by Crippen LogP contribution is 2.23. The first kappa shape index (κ1) is 21.5. The Bertz CT molecular complexity index is 1100. The van der Waals surface area contributed by atoms with E-state index in [-0.39, 0.29) is 11.3 Å². The molecule has 0 aliphatic carbocycles. The second-order valence-corrected chi connectivity index (χ2v) is 8.22. The number of nitrogens with one attached hydrogen (secondary N) is 2. The normalized spacial score (nSPS) is 12.2. The molecule has 0 saturated heterocycles. The van der Waals surface area contributed by atoms with Gasteiger partial charge in [0.1, 0.15) is 17.6 Å². The van der Waals surface area contributed by atoms with Crippen LogP contribution < -0.4 is 14.8 Å². The van der Waals surface area contributed by atoms with E-state index in [1.165, 1.54) is 7.11 Å². The van der Waals surface area contributed by atoms with Crippen LogP contribution in [0.4, 0.5) is 10.1 Å². The van der Waals surface area contributed by atoms with Gasteiger partial charge in [-0.3, -0.25) is 4.79 Å². The lowest BCUT2D eigenvalue weighted by atomic mass is 10.1. The van der Waals surface area contributed by atoms with Crippen molar-refractivity contribution in [1.82, 2.24) is 4.72 Å². The molecule has 0 radical (unpaired) electrons. The van der Waals surface area contributed by atoms with Crippen molar-refractivity contribution in [2.24, 2.45) is 0 Å². The zero-order valence-corrected chi connectivity index (χ0v) is 17.0. The van der Waals surface area contributed by atoms with Crippen molar-refractivity contribution in [3.8, 4) is 5.75 Å². The van der Waals surface area contributed by atoms with Crippen LogP contribution in [0, 0.1) is 5.82 Å². The Labute approximate surface area is 174 Å². The predicted octanol–water partition coefficient (Wildman–Crippen LogP) is 3.36. The summed E-state index contributed by atoms with van der Waals surface area (Å²) in [5.74, 6) is -0.650. The number of hydrogen-bond acceptors (Lipinski definition) is 4. The number of carbonyl (C=O) groups excluding carboxylic acids is 1. The van der Waals surface area contributed by atoms with Gasteiger partial charge in [0.15, 0.2) is 0 Å². The predicted molar refractivity (Wildman–Crippen MR) is 112 cm³/mol. The molecular formula is C22H21FN2O4S. The standard InChI is InChI=1S/C22H21FN2O4S/c1-29-21-10-6-5-9-19(21)24-22(26)20(15-16-7-3-2-4-8-16)25-30(27,28)18-13-11-17(23)12-14-18/h2-14,20,25H,15H2,1H3,(H,24,26). The Morgan fingerprint density at radius 3 is 2.27 bits per heavy atom. The number of amides is 1. The maximum atomic E-state index is 13.2. The average Bonchev–Trinajstić information content (AvgIpc) is 2.74. The fourth-order valence-corrected chi connectivity index (χ4v) is 4.07. The highest BCUT2D eigenvalue weighted by Gasteiger charge is 2.27. The molecule has 0 bridgehead atoms. The molecule has 0 saturated carbocycles. The smallest absolute Gasteiger partial charge is 0.243 e. The molecule has 1 atom stereocenters. The number of methoxy groups -OCH3 is 1. The van der Waals surface area contributed by atoms with E-state index in [0.717, 1.165) is 29.8 Å². The molecule has 0 aliphatic rings. The van der Waals surface area contributed by atoms with E-state index in [1.54, 1.807) is 48.5 Å². The van der Waals surface area contributed by atoms with Crippen LogP contribution in [0.1, 0.15) is 5.56 Å². The summed E-state index contributed by atoms with van der Waals surface area (Å²) in [4.78, 5) is 12.9. The maximum Gasteiger partial charge on any atom is 0.243 e. The third-order valence-electron chi connectivity index (χ3n) is 4.39. The van der Waals surface area contributed by atoms with Gasteiger partial charge in [-0.05, 0) is 48.4 Å². The number of para-hydroxylation sites is 2. The van der Waals surface area contributed by atoms with Gasteiger partial charge in [0.05, 0.1) is 17.7 Å². The van der Waals surface area contributed by atoms with Crippen LogP contribution in [-0.2, 0) is 21.2 Å². The van der Waals surface area contributed by atoms with Gasteiger partial charge in [-0.1, -0.05) is 42.5 Å². The maximum absolute atomic E-state index is 13.2. The largest absolute Gasteiger partial charge is 0.495 e. The van der Waals surface area contributed by atoms with E-state index in [1.807, 2.05) is 6.07 Å². The molecule has 0 fully saturated rings. The lowest BCUT2D eigenvalue weighted by Crippen LogP contribution is -2.45. The summed E-state index contributed by atoms with van der Waals surface area (Å²) in [5, 5.41) is 2.71. The van der Waals surface area contributed by atoms with E-state index in [2.05, 4.69) is 10.0 Å². The highest BCUT2D eigenvalue weighted by molar-refractivity contribution is 7.89. The van der Waals surface area contributed by atoms with Crippen molar-refractivity contribution in [1.29, 1.82) is 0 Å². The van der Waals surface area contributed by atoms with E-state index < -0.39 is 27.8 Å².